The number of piperidine rings is 1. The maximum absolute atomic E-state index is 12.1. The molecular formula is C19H28F3N3O2. The van der Waals surface area contributed by atoms with Gasteiger partial charge in [-0.1, -0.05) is 12.1 Å². The van der Waals surface area contributed by atoms with Gasteiger partial charge in [-0.15, -0.1) is 13.2 Å². The van der Waals surface area contributed by atoms with E-state index in [4.69, 9.17) is 0 Å². The van der Waals surface area contributed by atoms with Crippen molar-refractivity contribution in [2.75, 3.05) is 39.8 Å². The van der Waals surface area contributed by atoms with Crippen LogP contribution in [0.5, 0.6) is 5.75 Å². The van der Waals surface area contributed by atoms with Gasteiger partial charge in [-0.3, -0.25) is 9.69 Å². The second-order valence-corrected chi connectivity index (χ2v) is 6.90. The van der Waals surface area contributed by atoms with Crippen molar-refractivity contribution in [2.45, 2.75) is 32.0 Å². The van der Waals surface area contributed by atoms with Gasteiger partial charge in [0, 0.05) is 6.54 Å². The zero-order valence-corrected chi connectivity index (χ0v) is 15.6. The molecule has 1 amide bonds. The number of hydrogen-bond donors (Lipinski definition) is 2. The third kappa shape index (κ3) is 8.62. The summed E-state index contributed by atoms with van der Waals surface area (Å²) in [7, 11) is 1.96. The molecule has 1 heterocycles. The molecule has 8 heteroatoms. The summed E-state index contributed by atoms with van der Waals surface area (Å²) in [4.78, 5) is 14.2. The number of nitrogens with zero attached hydrogens (tertiary/aromatic N) is 1. The van der Waals surface area contributed by atoms with Gasteiger partial charge in [0.15, 0.2) is 0 Å². The molecule has 1 saturated heterocycles. The Bertz CT molecular complexity index is 571. The average molecular weight is 387 g/mol. The van der Waals surface area contributed by atoms with E-state index >= 15 is 0 Å². The Labute approximate surface area is 158 Å². The third-order valence-electron chi connectivity index (χ3n) is 4.77. The molecule has 0 spiro atoms. The lowest BCUT2D eigenvalue weighted by Gasteiger charge is -2.31. The number of carbonyl (C=O) groups excluding carboxylic acids is 1. The molecule has 1 aliphatic heterocycles. The van der Waals surface area contributed by atoms with Gasteiger partial charge in [-0.25, -0.2) is 0 Å². The monoisotopic (exact) mass is 387 g/mol. The van der Waals surface area contributed by atoms with E-state index < -0.39 is 6.36 Å². The summed E-state index contributed by atoms with van der Waals surface area (Å²) in [6, 6.07) is 5.71. The van der Waals surface area contributed by atoms with Gasteiger partial charge < -0.3 is 15.4 Å². The van der Waals surface area contributed by atoms with Gasteiger partial charge in [0.2, 0.25) is 5.91 Å². The normalized spacial score (nSPS) is 16.3. The molecule has 0 aliphatic carbocycles. The Morgan fingerprint density at radius 3 is 2.44 bits per heavy atom. The highest BCUT2D eigenvalue weighted by Gasteiger charge is 2.30. The van der Waals surface area contributed by atoms with Gasteiger partial charge >= 0.3 is 6.36 Å². The number of likely N-dealkylation sites (tertiary alicyclic amines) is 1. The fourth-order valence-corrected chi connectivity index (χ4v) is 3.24. The number of hydrogen-bond acceptors (Lipinski definition) is 4. The fraction of sp³-hybridized carbons (Fsp3) is 0.632. The number of benzene rings is 1. The summed E-state index contributed by atoms with van der Waals surface area (Å²) in [5, 5.41) is 6.05. The van der Waals surface area contributed by atoms with Crippen molar-refractivity contribution in [1.29, 1.82) is 0 Å². The van der Waals surface area contributed by atoms with E-state index in [9.17, 15) is 18.0 Å². The van der Waals surface area contributed by atoms with Crippen LogP contribution in [0.4, 0.5) is 13.2 Å². The van der Waals surface area contributed by atoms with Crippen LogP contribution in [0.1, 0.15) is 24.8 Å². The minimum absolute atomic E-state index is 0.0132. The van der Waals surface area contributed by atoms with Crippen LogP contribution < -0.4 is 15.4 Å². The fourth-order valence-electron chi connectivity index (χ4n) is 3.24. The molecule has 1 aromatic carbocycles. The van der Waals surface area contributed by atoms with Crippen molar-refractivity contribution in [2.24, 2.45) is 5.92 Å². The van der Waals surface area contributed by atoms with Crippen LogP contribution in [0.25, 0.3) is 0 Å². The lowest BCUT2D eigenvalue weighted by molar-refractivity contribution is -0.274. The number of ether oxygens (including phenoxy) is 1. The van der Waals surface area contributed by atoms with Gasteiger partial charge in [-0.2, -0.15) is 0 Å². The van der Waals surface area contributed by atoms with E-state index in [0.717, 1.165) is 44.0 Å². The van der Waals surface area contributed by atoms with Crippen molar-refractivity contribution in [3.8, 4) is 5.75 Å². The van der Waals surface area contributed by atoms with Crippen LogP contribution in [0, 0.1) is 5.92 Å². The molecular weight excluding hydrogens is 359 g/mol. The maximum atomic E-state index is 12.1. The average Bonchev–Trinajstić information content (AvgIpc) is 2.61. The summed E-state index contributed by atoms with van der Waals surface area (Å²) in [6.07, 6.45) is -0.688. The topological polar surface area (TPSA) is 53.6 Å². The molecule has 0 aromatic heterocycles. The van der Waals surface area contributed by atoms with Crippen molar-refractivity contribution < 1.29 is 22.7 Å². The zero-order valence-electron chi connectivity index (χ0n) is 15.6. The number of carbonyl (C=O) groups is 1. The summed E-state index contributed by atoms with van der Waals surface area (Å²) in [6.45, 7) is 3.79. The van der Waals surface area contributed by atoms with E-state index in [1.54, 1.807) is 12.1 Å². The third-order valence-corrected chi connectivity index (χ3v) is 4.77. The number of halogens is 3. The molecule has 0 radical (unpaired) electrons. The van der Waals surface area contributed by atoms with E-state index in [2.05, 4.69) is 20.3 Å². The van der Waals surface area contributed by atoms with Gasteiger partial charge in [0.1, 0.15) is 5.75 Å². The van der Waals surface area contributed by atoms with Crippen molar-refractivity contribution in [3.63, 3.8) is 0 Å². The summed E-state index contributed by atoms with van der Waals surface area (Å²) in [5.41, 5.74) is 0.843. The number of nitrogens with one attached hydrogen (secondary N) is 2. The molecule has 0 bridgehead atoms. The molecule has 1 aliphatic rings. The highest BCUT2D eigenvalue weighted by molar-refractivity contribution is 5.78. The van der Waals surface area contributed by atoms with Gasteiger partial charge in [0.05, 0.1) is 6.54 Å². The van der Waals surface area contributed by atoms with E-state index in [-0.39, 0.29) is 11.7 Å². The second-order valence-electron chi connectivity index (χ2n) is 6.90. The van der Waals surface area contributed by atoms with Gasteiger partial charge in [0.25, 0.3) is 0 Å². The first-order valence-corrected chi connectivity index (χ1v) is 9.34. The first-order valence-electron chi connectivity index (χ1n) is 9.34. The first-order chi connectivity index (χ1) is 12.9. The minimum Gasteiger partial charge on any atom is -0.406 e. The molecule has 5 nitrogen and oxygen atoms in total. The summed E-state index contributed by atoms with van der Waals surface area (Å²) < 4.78 is 40.2. The van der Waals surface area contributed by atoms with Crippen molar-refractivity contribution in [1.82, 2.24) is 15.5 Å². The quantitative estimate of drug-likeness (QED) is 0.684. The van der Waals surface area contributed by atoms with Crippen LogP contribution in [-0.4, -0.2) is 56.9 Å². The number of rotatable bonds is 9. The van der Waals surface area contributed by atoms with E-state index in [1.807, 2.05) is 7.05 Å². The molecule has 0 saturated carbocycles. The smallest absolute Gasteiger partial charge is 0.406 e. The number of alkyl halides is 3. The Kier molecular flexibility index (Phi) is 8.37. The predicted molar refractivity (Wildman–Crippen MR) is 97.5 cm³/mol. The predicted octanol–water partition coefficient (Wildman–Crippen LogP) is 2.57. The first kappa shape index (κ1) is 21.5. The Morgan fingerprint density at radius 1 is 1.19 bits per heavy atom. The van der Waals surface area contributed by atoms with Gasteiger partial charge in [-0.05, 0) is 76.0 Å². The Hall–Kier alpha value is -1.80. The standard InChI is InChI=1S/C19H28F3N3O2/c1-23-10-6-16-8-12-25(13-9-16)14-18(26)24-11-7-15-2-4-17(5-3-15)27-19(20,21)22/h2-5,16,23H,6-14H2,1H3,(H,24,26). The molecule has 2 rings (SSSR count). The lowest BCUT2D eigenvalue weighted by atomic mass is 9.93. The molecule has 152 valence electrons. The SMILES string of the molecule is CNCCC1CCN(CC(=O)NCCc2ccc(OC(F)(F)F)cc2)CC1. The summed E-state index contributed by atoms with van der Waals surface area (Å²) >= 11 is 0. The second kappa shape index (κ2) is 10.5. The highest BCUT2D eigenvalue weighted by Crippen LogP contribution is 2.23. The molecule has 2 N–H and O–H groups in total. The van der Waals surface area contributed by atoms with Crippen LogP contribution in [-0.2, 0) is 11.2 Å². The highest BCUT2D eigenvalue weighted by atomic mass is 19.4. The largest absolute Gasteiger partial charge is 0.573 e. The maximum Gasteiger partial charge on any atom is 0.573 e. The van der Waals surface area contributed by atoms with Crippen LogP contribution in [0.3, 0.4) is 0 Å². The van der Waals surface area contributed by atoms with Crippen molar-refractivity contribution >= 4 is 5.91 Å². The van der Waals surface area contributed by atoms with E-state index in [0.29, 0.717) is 19.5 Å². The Morgan fingerprint density at radius 2 is 1.85 bits per heavy atom. The lowest BCUT2D eigenvalue weighted by Crippen LogP contribution is -2.42. The minimum atomic E-state index is -4.68. The molecule has 0 unspecified atom stereocenters. The zero-order chi connectivity index (χ0) is 19.7. The van der Waals surface area contributed by atoms with E-state index in [1.165, 1.54) is 18.6 Å². The van der Waals surface area contributed by atoms with Crippen LogP contribution in [0.2, 0.25) is 0 Å². The molecule has 0 atom stereocenters. The van der Waals surface area contributed by atoms with Crippen molar-refractivity contribution in [3.05, 3.63) is 29.8 Å². The Balaban J connectivity index is 1.62. The number of amides is 1. The van der Waals surface area contributed by atoms with Crippen LogP contribution >= 0.6 is 0 Å². The molecule has 27 heavy (non-hydrogen) atoms. The molecule has 1 fully saturated rings. The summed E-state index contributed by atoms with van der Waals surface area (Å²) in [5.74, 6) is 0.482. The molecule has 1 aromatic rings. The van der Waals surface area contributed by atoms with Crippen LogP contribution in [0.15, 0.2) is 24.3 Å².